The summed E-state index contributed by atoms with van der Waals surface area (Å²) in [6.07, 6.45) is 3.53. The normalized spacial score (nSPS) is 10.8. The lowest BCUT2D eigenvalue weighted by atomic mass is 10.1. The Hall–Kier alpha value is -2.43. The van der Waals surface area contributed by atoms with Crippen molar-refractivity contribution in [1.82, 2.24) is 20.0 Å². The van der Waals surface area contributed by atoms with E-state index in [0.29, 0.717) is 0 Å². The Labute approximate surface area is 111 Å². The van der Waals surface area contributed by atoms with Crippen LogP contribution in [0.4, 0.5) is 5.82 Å². The van der Waals surface area contributed by atoms with Crippen molar-refractivity contribution in [3.05, 3.63) is 48.3 Å². The minimum Gasteiger partial charge on any atom is -0.368 e. The second-order valence-electron chi connectivity index (χ2n) is 4.44. The molecule has 0 unspecified atom stereocenters. The molecular formula is C14H15N5. The van der Waals surface area contributed by atoms with Crippen LogP contribution in [0, 0.1) is 6.92 Å². The van der Waals surface area contributed by atoms with Gasteiger partial charge in [0.05, 0.1) is 18.3 Å². The fourth-order valence-electron chi connectivity index (χ4n) is 2.04. The van der Waals surface area contributed by atoms with Crippen LogP contribution in [0.1, 0.15) is 5.56 Å². The topological polar surface area (TPSA) is 55.6 Å². The second-order valence-corrected chi connectivity index (χ2v) is 4.44. The van der Waals surface area contributed by atoms with E-state index in [1.54, 1.807) is 10.9 Å². The maximum Gasteiger partial charge on any atom is 0.129 e. The maximum atomic E-state index is 4.64. The van der Waals surface area contributed by atoms with Gasteiger partial charge in [0.2, 0.25) is 0 Å². The van der Waals surface area contributed by atoms with Gasteiger partial charge in [-0.05, 0) is 24.6 Å². The lowest BCUT2D eigenvalue weighted by molar-refractivity contribution is 0.608. The van der Waals surface area contributed by atoms with Crippen molar-refractivity contribution in [3.8, 4) is 0 Å². The minimum atomic E-state index is 0.772. The summed E-state index contributed by atoms with van der Waals surface area (Å²) < 4.78 is 1.80. The highest BCUT2D eigenvalue weighted by Crippen LogP contribution is 2.19. The van der Waals surface area contributed by atoms with Gasteiger partial charge in [-0.1, -0.05) is 23.4 Å². The predicted octanol–water partition coefficient (Wildman–Crippen LogP) is 2.25. The Morgan fingerprint density at radius 3 is 3.00 bits per heavy atom. The largest absolute Gasteiger partial charge is 0.368 e. The van der Waals surface area contributed by atoms with E-state index in [9.17, 15) is 0 Å². The summed E-state index contributed by atoms with van der Waals surface area (Å²) in [5, 5.41) is 12.2. The van der Waals surface area contributed by atoms with E-state index in [4.69, 9.17) is 0 Å². The molecule has 1 N–H and O–H groups in total. The Morgan fingerprint density at radius 2 is 2.16 bits per heavy atom. The summed E-state index contributed by atoms with van der Waals surface area (Å²) in [7, 11) is 0. The number of hydrogen-bond donors (Lipinski definition) is 1. The monoisotopic (exact) mass is 253 g/mol. The standard InChI is InChI=1S/C14H15N5/c1-11-10-12-4-2-3-5-13(12)17-14(11)15-6-8-19-9-7-16-18-19/h2-5,7,9-10H,6,8H2,1H3,(H,15,17). The van der Waals surface area contributed by atoms with Crippen molar-refractivity contribution in [2.75, 3.05) is 11.9 Å². The van der Waals surface area contributed by atoms with Crippen molar-refractivity contribution in [2.45, 2.75) is 13.5 Å². The molecular weight excluding hydrogens is 238 g/mol. The molecule has 3 rings (SSSR count). The number of para-hydroxylation sites is 1. The van der Waals surface area contributed by atoms with Gasteiger partial charge in [-0.25, -0.2) is 4.98 Å². The number of aryl methyl sites for hydroxylation is 1. The van der Waals surface area contributed by atoms with Gasteiger partial charge in [0.15, 0.2) is 0 Å². The molecule has 0 saturated carbocycles. The van der Waals surface area contributed by atoms with Gasteiger partial charge in [0.25, 0.3) is 0 Å². The summed E-state index contributed by atoms with van der Waals surface area (Å²) in [4.78, 5) is 4.64. The van der Waals surface area contributed by atoms with E-state index in [0.717, 1.165) is 30.0 Å². The number of hydrogen-bond acceptors (Lipinski definition) is 4. The van der Waals surface area contributed by atoms with Gasteiger partial charge in [0, 0.05) is 18.1 Å². The van der Waals surface area contributed by atoms with Gasteiger partial charge >= 0.3 is 0 Å². The molecule has 0 bridgehead atoms. The number of nitrogens with zero attached hydrogens (tertiary/aromatic N) is 4. The molecule has 0 atom stereocenters. The average Bonchev–Trinajstić information content (AvgIpc) is 2.92. The number of rotatable bonds is 4. The Bertz CT molecular complexity index is 675. The lowest BCUT2D eigenvalue weighted by Gasteiger charge is -2.09. The fraction of sp³-hybridized carbons (Fsp3) is 0.214. The van der Waals surface area contributed by atoms with Crippen LogP contribution in [0.2, 0.25) is 0 Å². The van der Waals surface area contributed by atoms with Crippen LogP contribution in [0.5, 0.6) is 0 Å². The van der Waals surface area contributed by atoms with Crippen LogP contribution >= 0.6 is 0 Å². The molecule has 19 heavy (non-hydrogen) atoms. The number of nitrogens with one attached hydrogen (secondary N) is 1. The summed E-state index contributed by atoms with van der Waals surface area (Å²) in [6, 6.07) is 10.3. The zero-order valence-electron chi connectivity index (χ0n) is 10.7. The summed E-state index contributed by atoms with van der Waals surface area (Å²) >= 11 is 0. The quantitative estimate of drug-likeness (QED) is 0.774. The molecule has 0 fully saturated rings. The van der Waals surface area contributed by atoms with Gasteiger partial charge < -0.3 is 5.32 Å². The number of fused-ring (bicyclic) bond motifs is 1. The molecule has 5 heteroatoms. The fourth-order valence-corrected chi connectivity index (χ4v) is 2.04. The zero-order valence-corrected chi connectivity index (χ0v) is 10.7. The Morgan fingerprint density at radius 1 is 1.26 bits per heavy atom. The molecule has 3 aromatic rings. The highest BCUT2D eigenvalue weighted by atomic mass is 15.4. The first-order chi connectivity index (χ1) is 9.33. The molecule has 0 aliphatic rings. The first-order valence-corrected chi connectivity index (χ1v) is 6.27. The van der Waals surface area contributed by atoms with Crippen LogP contribution < -0.4 is 5.32 Å². The van der Waals surface area contributed by atoms with E-state index in [-0.39, 0.29) is 0 Å². The molecule has 0 amide bonds. The van der Waals surface area contributed by atoms with Crippen molar-refractivity contribution >= 4 is 16.7 Å². The molecule has 0 saturated heterocycles. The van der Waals surface area contributed by atoms with Gasteiger partial charge in [-0.15, -0.1) is 5.10 Å². The summed E-state index contributed by atoms with van der Waals surface area (Å²) in [5.41, 5.74) is 2.16. The SMILES string of the molecule is Cc1cc2ccccc2nc1NCCn1ccnn1. The molecule has 0 aliphatic heterocycles. The maximum absolute atomic E-state index is 4.64. The Balaban J connectivity index is 1.75. The smallest absolute Gasteiger partial charge is 0.129 e. The van der Waals surface area contributed by atoms with Gasteiger partial charge in [-0.2, -0.15) is 0 Å². The molecule has 0 aliphatic carbocycles. The summed E-state index contributed by atoms with van der Waals surface area (Å²) in [5.74, 6) is 0.929. The van der Waals surface area contributed by atoms with Crippen molar-refractivity contribution in [1.29, 1.82) is 0 Å². The summed E-state index contributed by atoms with van der Waals surface area (Å²) in [6.45, 7) is 3.61. The minimum absolute atomic E-state index is 0.772. The van der Waals surface area contributed by atoms with Crippen molar-refractivity contribution in [2.24, 2.45) is 0 Å². The molecule has 96 valence electrons. The number of anilines is 1. The van der Waals surface area contributed by atoms with E-state index in [1.165, 1.54) is 5.39 Å². The highest BCUT2D eigenvalue weighted by Gasteiger charge is 2.02. The first-order valence-electron chi connectivity index (χ1n) is 6.27. The molecule has 2 heterocycles. The van der Waals surface area contributed by atoms with Crippen LogP contribution in [-0.4, -0.2) is 26.5 Å². The van der Waals surface area contributed by atoms with E-state index < -0.39 is 0 Å². The third-order valence-corrected chi connectivity index (χ3v) is 3.02. The predicted molar refractivity (Wildman–Crippen MR) is 75.0 cm³/mol. The van der Waals surface area contributed by atoms with Crippen LogP contribution in [-0.2, 0) is 6.54 Å². The lowest BCUT2D eigenvalue weighted by Crippen LogP contribution is -2.12. The number of benzene rings is 1. The second kappa shape index (κ2) is 5.06. The molecule has 1 aromatic carbocycles. The van der Waals surface area contributed by atoms with Crippen LogP contribution in [0.25, 0.3) is 10.9 Å². The molecule has 0 spiro atoms. The average molecular weight is 253 g/mol. The number of pyridine rings is 1. The van der Waals surface area contributed by atoms with Crippen LogP contribution in [0.3, 0.4) is 0 Å². The molecule has 2 aromatic heterocycles. The molecule has 0 radical (unpaired) electrons. The third kappa shape index (κ3) is 2.54. The van der Waals surface area contributed by atoms with Gasteiger partial charge in [0.1, 0.15) is 5.82 Å². The van der Waals surface area contributed by atoms with E-state index >= 15 is 0 Å². The van der Waals surface area contributed by atoms with Crippen molar-refractivity contribution in [3.63, 3.8) is 0 Å². The zero-order chi connectivity index (χ0) is 13.1. The number of aromatic nitrogens is 4. The molecule has 5 nitrogen and oxygen atoms in total. The third-order valence-electron chi connectivity index (χ3n) is 3.02. The van der Waals surface area contributed by atoms with E-state index in [1.807, 2.05) is 24.4 Å². The highest BCUT2D eigenvalue weighted by molar-refractivity contribution is 5.81. The van der Waals surface area contributed by atoms with E-state index in [2.05, 4.69) is 39.7 Å². The first kappa shape index (κ1) is 11.6. The Kier molecular flexibility index (Phi) is 3.10. The van der Waals surface area contributed by atoms with Crippen LogP contribution in [0.15, 0.2) is 42.7 Å². The van der Waals surface area contributed by atoms with Crippen molar-refractivity contribution < 1.29 is 0 Å². The van der Waals surface area contributed by atoms with Gasteiger partial charge in [-0.3, -0.25) is 4.68 Å².